The molecule has 0 bridgehead atoms. The molecule has 4 nitrogen and oxygen atoms in total. The lowest BCUT2D eigenvalue weighted by Crippen LogP contribution is -2.20. The van der Waals surface area contributed by atoms with Crippen LogP contribution in [0.15, 0.2) is 18.3 Å². The number of pyridine rings is 1. The highest BCUT2D eigenvalue weighted by molar-refractivity contribution is 7.99. The van der Waals surface area contributed by atoms with Crippen molar-refractivity contribution in [2.45, 2.75) is 31.7 Å². The summed E-state index contributed by atoms with van der Waals surface area (Å²) in [6.45, 7) is 2.16. The van der Waals surface area contributed by atoms with Gasteiger partial charge in [-0.1, -0.05) is 0 Å². The van der Waals surface area contributed by atoms with Gasteiger partial charge in [0.05, 0.1) is 6.04 Å². The third kappa shape index (κ3) is 2.69. The zero-order chi connectivity index (χ0) is 14.1. The molecule has 4 rings (SSSR count). The summed E-state index contributed by atoms with van der Waals surface area (Å²) in [7, 11) is 0. The molecule has 2 unspecified atom stereocenters. The molecule has 0 amide bonds. The fourth-order valence-corrected chi connectivity index (χ4v) is 4.75. The van der Waals surface area contributed by atoms with Crippen LogP contribution in [-0.2, 0) is 6.42 Å². The van der Waals surface area contributed by atoms with Gasteiger partial charge in [0.25, 0.3) is 0 Å². The molecule has 21 heavy (non-hydrogen) atoms. The molecular weight excluding hydrogens is 280 g/mol. The molecule has 0 aliphatic carbocycles. The van der Waals surface area contributed by atoms with Gasteiger partial charge in [0.1, 0.15) is 11.3 Å². The zero-order valence-electron chi connectivity index (χ0n) is 12.3. The summed E-state index contributed by atoms with van der Waals surface area (Å²) < 4.78 is 2.43. The Morgan fingerprint density at radius 3 is 3.19 bits per heavy atom. The predicted octanol–water partition coefficient (Wildman–Crippen LogP) is 2.65. The van der Waals surface area contributed by atoms with Crippen molar-refractivity contribution < 1.29 is 0 Å². The SMILES string of the molecule is c1cnc2c(c1)nc(CC1CCCSC1)n2C1CCNC1. The van der Waals surface area contributed by atoms with E-state index in [1.54, 1.807) is 0 Å². The van der Waals surface area contributed by atoms with Gasteiger partial charge in [-0.3, -0.25) is 0 Å². The van der Waals surface area contributed by atoms with Gasteiger partial charge in [-0.2, -0.15) is 11.8 Å². The number of aromatic nitrogens is 3. The fraction of sp³-hybridized carbons (Fsp3) is 0.625. The van der Waals surface area contributed by atoms with E-state index in [4.69, 9.17) is 4.98 Å². The number of hydrogen-bond acceptors (Lipinski definition) is 4. The molecule has 0 spiro atoms. The summed E-state index contributed by atoms with van der Waals surface area (Å²) >= 11 is 2.10. The number of rotatable bonds is 3. The highest BCUT2D eigenvalue weighted by Crippen LogP contribution is 2.29. The molecule has 2 atom stereocenters. The topological polar surface area (TPSA) is 42.7 Å². The monoisotopic (exact) mass is 302 g/mol. The Balaban J connectivity index is 1.70. The predicted molar refractivity (Wildman–Crippen MR) is 87.8 cm³/mol. The molecule has 4 heterocycles. The molecule has 2 aromatic heterocycles. The van der Waals surface area contributed by atoms with Gasteiger partial charge in [-0.15, -0.1) is 0 Å². The Morgan fingerprint density at radius 1 is 1.38 bits per heavy atom. The summed E-state index contributed by atoms with van der Waals surface area (Å²) in [6.07, 6.45) is 6.91. The number of imidazole rings is 1. The maximum atomic E-state index is 4.91. The minimum absolute atomic E-state index is 0.524. The van der Waals surface area contributed by atoms with Crippen molar-refractivity contribution in [3.8, 4) is 0 Å². The maximum absolute atomic E-state index is 4.91. The maximum Gasteiger partial charge on any atom is 0.160 e. The second kappa shape index (κ2) is 5.97. The van der Waals surface area contributed by atoms with Crippen molar-refractivity contribution in [1.29, 1.82) is 0 Å². The summed E-state index contributed by atoms with van der Waals surface area (Å²) in [6, 6.07) is 4.61. The highest BCUT2D eigenvalue weighted by Gasteiger charge is 2.25. The number of fused-ring (bicyclic) bond motifs is 1. The molecule has 2 aliphatic heterocycles. The third-order valence-corrected chi connectivity index (χ3v) is 5.93. The molecule has 2 fully saturated rings. The van der Waals surface area contributed by atoms with E-state index in [2.05, 4.69) is 32.7 Å². The average Bonchev–Trinajstić information content (AvgIpc) is 3.14. The molecule has 0 saturated carbocycles. The van der Waals surface area contributed by atoms with Gasteiger partial charge >= 0.3 is 0 Å². The molecule has 5 heteroatoms. The first kappa shape index (κ1) is 13.6. The van der Waals surface area contributed by atoms with Crippen molar-refractivity contribution >= 4 is 22.9 Å². The lowest BCUT2D eigenvalue weighted by Gasteiger charge is -2.22. The molecule has 2 aliphatic rings. The van der Waals surface area contributed by atoms with Crippen LogP contribution < -0.4 is 5.32 Å². The number of hydrogen-bond donors (Lipinski definition) is 1. The van der Waals surface area contributed by atoms with Gasteiger partial charge in [0.15, 0.2) is 5.65 Å². The highest BCUT2D eigenvalue weighted by atomic mass is 32.2. The second-order valence-electron chi connectivity index (χ2n) is 6.18. The van der Waals surface area contributed by atoms with Gasteiger partial charge in [0, 0.05) is 19.2 Å². The zero-order valence-corrected chi connectivity index (χ0v) is 13.1. The standard InChI is InChI=1S/C16H22N4S/c1-4-14-16(18-6-1)20(13-5-7-17-10-13)15(19-14)9-12-3-2-8-21-11-12/h1,4,6,12-13,17H,2-3,5,7-11H2. The Kier molecular flexibility index (Phi) is 3.86. The van der Waals surface area contributed by atoms with Crippen LogP contribution in [0, 0.1) is 5.92 Å². The van der Waals surface area contributed by atoms with E-state index in [1.165, 1.54) is 36.6 Å². The molecule has 0 aromatic carbocycles. The quantitative estimate of drug-likeness (QED) is 0.946. The fourth-order valence-electron chi connectivity index (χ4n) is 3.59. The molecular formula is C16H22N4S. The van der Waals surface area contributed by atoms with Crippen molar-refractivity contribution in [1.82, 2.24) is 19.9 Å². The minimum atomic E-state index is 0.524. The molecule has 2 aromatic rings. The van der Waals surface area contributed by atoms with Crippen LogP contribution in [0.25, 0.3) is 11.2 Å². The van der Waals surface area contributed by atoms with Crippen molar-refractivity contribution in [2.75, 3.05) is 24.6 Å². The van der Waals surface area contributed by atoms with E-state index in [0.717, 1.165) is 36.6 Å². The Bertz CT molecular complexity index is 612. The van der Waals surface area contributed by atoms with E-state index in [9.17, 15) is 0 Å². The number of nitrogens with one attached hydrogen (secondary N) is 1. The molecule has 112 valence electrons. The van der Waals surface area contributed by atoms with Crippen LogP contribution in [0.5, 0.6) is 0 Å². The summed E-state index contributed by atoms with van der Waals surface area (Å²) in [5.41, 5.74) is 2.13. The summed E-state index contributed by atoms with van der Waals surface area (Å²) in [5.74, 6) is 4.67. The van der Waals surface area contributed by atoms with Crippen LogP contribution in [0.3, 0.4) is 0 Å². The smallest absolute Gasteiger partial charge is 0.160 e. The van der Waals surface area contributed by atoms with Gasteiger partial charge in [0.2, 0.25) is 0 Å². The van der Waals surface area contributed by atoms with E-state index in [1.807, 2.05) is 12.3 Å². The van der Waals surface area contributed by atoms with E-state index >= 15 is 0 Å². The van der Waals surface area contributed by atoms with Crippen LogP contribution in [0.4, 0.5) is 0 Å². The molecule has 1 N–H and O–H groups in total. The van der Waals surface area contributed by atoms with E-state index in [0.29, 0.717) is 6.04 Å². The Labute approximate surface area is 129 Å². The summed E-state index contributed by atoms with van der Waals surface area (Å²) in [5, 5.41) is 3.48. The lowest BCUT2D eigenvalue weighted by atomic mass is 10.0. The first-order chi connectivity index (χ1) is 10.4. The second-order valence-corrected chi connectivity index (χ2v) is 7.33. The minimum Gasteiger partial charge on any atom is -0.315 e. The van der Waals surface area contributed by atoms with Crippen molar-refractivity contribution in [3.63, 3.8) is 0 Å². The van der Waals surface area contributed by atoms with Gasteiger partial charge < -0.3 is 9.88 Å². The number of thioether (sulfide) groups is 1. The van der Waals surface area contributed by atoms with Crippen LogP contribution in [0.1, 0.15) is 31.1 Å². The van der Waals surface area contributed by atoms with Crippen molar-refractivity contribution in [2.24, 2.45) is 5.92 Å². The largest absolute Gasteiger partial charge is 0.315 e. The first-order valence-corrected chi connectivity index (χ1v) is 9.17. The summed E-state index contributed by atoms with van der Waals surface area (Å²) in [4.78, 5) is 9.52. The van der Waals surface area contributed by atoms with Crippen LogP contribution >= 0.6 is 11.8 Å². The molecule has 0 radical (unpaired) electrons. The van der Waals surface area contributed by atoms with Crippen molar-refractivity contribution in [3.05, 3.63) is 24.2 Å². The third-order valence-electron chi connectivity index (χ3n) is 4.65. The Morgan fingerprint density at radius 2 is 2.38 bits per heavy atom. The first-order valence-electron chi connectivity index (χ1n) is 8.02. The molecule has 2 saturated heterocycles. The van der Waals surface area contributed by atoms with Crippen LogP contribution in [0.2, 0.25) is 0 Å². The van der Waals surface area contributed by atoms with E-state index in [-0.39, 0.29) is 0 Å². The Hall–Kier alpha value is -1.07. The van der Waals surface area contributed by atoms with Gasteiger partial charge in [-0.05, 0) is 55.4 Å². The van der Waals surface area contributed by atoms with E-state index < -0.39 is 0 Å². The van der Waals surface area contributed by atoms with Gasteiger partial charge in [-0.25, -0.2) is 9.97 Å². The average molecular weight is 302 g/mol. The van der Waals surface area contributed by atoms with Crippen LogP contribution in [-0.4, -0.2) is 39.1 Å². The normalized spacial score (nSPS) is 26.5. The number of nitrogens with zero attached hydrogens (tertiary/aromatic N) is 3. The lowest BCUT2D eigenvalue weighted by molar-refractivity contribution is 0.469.